The average molecular weight is 363 g/mol. The Morgan fingerprint density at radius 2 is 1.88 bits per heavy atom. The molecule has 0 atom stereocenters. The Bertz CT molecular complexity index is 1080. The van der Waals surface area contributed by atoms with Crippen LogP contribution in [0.3, 0.4) is 0 Å². The number of benzene rings is 2. The van der Waals surface area contributed by atoms with Gasteiger partial charge in [0.1, 0.15) is 17.2 Å². The lowest BCUT2D eigenvalue weighted by Crippen LogP contribution is -2.05. The lowest BCUT2D eigenvalue weighted by atomic mass is 10.1. The van der Waals surface area contributed by atoms with Crippen LogP contribution in [0.5, 0.6) is 0 Å². The molecule has 4 nitrogen and oxygen atoms in total. The van der Waals surface area contributed by atoms with Crippen molar-refractivity contribution in [3.8, 4) is 10.6 Å². The van der Waals surface area contributed by atoms with Crippen molar-refractivity contribution in [2.75, 3.05) is 0 Å². The van der Waals surface area contributed by atoms with Crippen molar-refractivity contribution in [2.45, 2.75) is 20.5 Å². The number of esters is 1. The van der Waals surface area contributed by atoms with Gasteiger partial charge in [0.2, 0.25) is 5.76 Å². The molecular formula is C21H17NO3S. The Balaban J connectivity index is 1.47. The average Bonchev–Trinajstić information content (AvgIpc) is 3.26. The molecule has 0 fully saturated rings. The SMILES string of the molecule is Cc1ccc(-c2nc(COC(=O)c3oc4ccccc4c3C)cs2)cc1. The van der Waals surface area contributed by atoms with Gasteiger partial charge in [0.25, 0.3) is 0 Å². The minimum absolute atomic E-state index is 0.123. The van der Waals surface area contributed by atoms with Gasteiger partial charge in [-0.3, -0.25) is 0 Å². The number of para-hydroxylation sites is 1. The summed E-state index contributed by atoms with van der Waals surface area (Å²) in [6, 6.07) is 15.8. The minimum Gasteiger partial charge on any atom is -0.453 e. The van der Waals surface area contributed by atoms with Crippen LogP contribution < -0.4 is 0 Å². The van der Waals surface area contributed by atoms with Crippen molar-refractivity contribution >= 4 is 28.3 Å². The Morgan fingerprint density at radius 3 is 2.65 bits per heavy atom. The van der Waals surface area contributed by atoms with E-state index in [0.717, 1.165) is 27.2 Å². The van der Waals surface area contributed by atoms with Crippen molar-refractivity contribution in [2.24, 2.45) is 0 Å². The standard InChI is InChI=1S/C21H17NO3S/c1-13-7-9-15(10-8-13)20-22-16(12-26-20)11-24-21(23)19-14(2)17-5-3-4-6-18(17)25-19/h3-10,12H,11H2,1-2H3. The third kappa shape index (κ3) is 3.13. The maximum Gasteiger partial charge on any atom is 0.374 e. The molecule has 2 aromatic carbocycles. The molecule has 0 unspecified atom stereocenters. The van der Waals surface area contributed by atoms with Crippen molar-refractivity contribution in [1.29, 1.82) is 0 Å². The van der Waals surface area contributed by atoms with E-state index >= 15 is 0 Å². The largest absolute Gasteiger partial charge is 0.453 e. The number of furan rings is 1. The van der Waals surface area contributed by atoms with Gasteiger partial charge >= 0.3 is 5.97 Å². The van der Waals surface area contributed by atoms with Crippen LogP contribution in [0.15, 0.2) is 58.3 Å². The summed E-state index contributed by atoms with van der Waals surface area (Å²) in [5, 5.41) is 3.75. The van der Waals surface area contributed by atoms with Gasteiger partial charge in [-0.25, -0.2) is 9.78 Å². The molecule has 2 aromatic heterocycles. The molecule has 0 saturated heterocycles. The Morgan fingerprint density at radius 1 is 1.12 bits per heavy atom. The van der Waals surface area contributed by atoms with Gasteiger partial charge in [-0.05, 0) is 19.9 Å². The first kappa shape index (κ1) is 16.5. The quantitative estimate of drug-likeness (QED) is 0.447. The van der Waals surface area contributed by atoms with Gasteiger partial charge in [0.15, 0.2) is 0 Å². The predicted molar refractivity (Wildman–Crippen MR) is 102 cm³/mol. The molecule has 4 aromatic rings. The van der Waals surface area contributed by atoms with Gasteiger partial charge in [-0.15, -0.1) is 11.3 Å². The molecule has 0 spiro atoms. The fourth-order valence-electron chi connectivity index (χ4n) is 2.78. The molecule has 26 heavy (non-hydrogen) atoms. The molecule has 4 rings (SSSR count). The Kier molecular flexibility index (Phi) is 4.31. The zero-order valence-electron chi connectivity index (χ0n) is 14.5. The van der Waals surface area contributed by atoms with Crippen LogP contribution in [-0.2, 0) is 11.3 Å². The van der Waals surface area contributed by atoms with Crippen LogP contribution in [0.25, 0.3) is 21.5 Å². The molecule has 0 aliphatic rings. The predicted octanol–water partition coefficient (Wildman–Crippen LogP) is 5.53. The molecule has 2 heterocycles. The number of ether oxygens (including phenoxy) is 1. The van der Waals surface area contributed by atoms with E-state index < -0.39 is 5.97 Å². The van der Waals surface area contributed by atoms with Crippen molar-refractivity contribution < 1.29 is 13.9 Å². The summed E-state index contributed by atoms with van der Waals surface area (Å²) in [5.74, 6) is -0.219. The lowest BCUT2D eigenvalue weighted by molar-refractivity contribution is 0.0433. The summed E-state index contributed by atoms with van der Waals surface area (Å²) in [7, 11) is 0. The van der Waals surface area contributed by atoms with Gasteiger partial charge in [-0.2, -0.15) is 0 Å². The van der Waals surface area contributed by atoms with Crippen molar-refractivity contribution in [3.05, 3.63) is 76.5 Å². The number of fused-ring (bicyclic) bond motifs is 1. The molecule has 5 heteroatoms. The van der Waals surface area contributed by atoms with Crippen molar-refractivity contribution in [3.63, 3.8) is 0 Å². The molecule has 130 valence electrons. The van der Waals surface area contributed by atoms with Gasteiger partial charge in [0, 0.05) is 21.9 Å². The van der Waals surface area contributed by atoms with E-state index in [1.807, 2.05) is 48.7 Å². The number of rotatable bonds is 4. The maximum atomic E-state index is 12.4. The zero-order valence-corrected chi connectivity index (χ0v) is 15.3. The van der Waals surface area contributed by atoms with E-state index in [-0.39, 0.29) is 12.4 Å². The van der Waals surface area contributed by atoms with Crippen molar-refractivity contribution in [1.82, 2.24) is 4.98 Å². The lowest BCUT2D eigenvalue weighted by Gasteiger charge is -2.01. The fourth-order valence-corrected chi connectivity index (χ4v) is 3.59. The summed E-state index contributed by atoms with van der Waals surface area (Å²) in [5.41, 5.74) is 4.48. The molecule has 0 N–H and O–H groups in total. The molecular weight excluding hydrogens is 346 g/mol. The number of hydrogen-bond donors (Lipinski definition) is 0. The number of carbonyl (C=O) groups excluding carboxylic acids is 1. The number of nitrogens with zero attached hydrogens (tertiary/aromatic N) is 1. The van der Waals surface area contributed by atoms with Crippen LogP contribution in [0.2, 0.25) is 0 Å². The second-order valence-corrected chi connectivity index (χ2v) is 7.00. The Hall–Kier alpha value is -2.92. The summed E-state index contributed by atoms with van der Waals surface area (Å²) in [6.07, 6.45) is 0. The number of hydrogen-bond acceptors (Lipinski definition) is 5. The summed E-state index contributed by atoms with van der Waals surface area (Å²) in [6.45, 7) is 4.04. The van der Waals surface area contributed by atoms with E-state index in [2.05, 4.69) is 24.0 Å². The topological polar surface area (TPSA) is 52.3 Å². The zero-order chi connectivity index (χ0) is 18.1. The number of aromatic nitrogens is 1. The monoisotopic (exact) mass is 363 g/mol. The van der Waals surface area contributed by atoms with Gasteiger partial charge in [-0.1, -0.05) is 48.0 Å². The third-order valence-corrected chi connectivity index (χ3v) is 5.17. The molecule has 0 saturated carbocycles. The van der Waals surface area contributed by atoms with E-state index in [9.17, 15) is 4.79 Å². The first-order chi connectivity index (χ1) is 12.6. The summed E-state index contributed by atoms with van der Waals surface area (Å²) < 4.78 is 11.0. The molecule has 0 bridgehead atoms. The molecule has 0 aliphatic heterocycles. The fraction of sp³-hybridized carbons (Fsp3) is 0.143. The molecule has 0 aliphatic carbocycles. The smallest absolute Gasteiger partial charge is 0.374 e. The van der Waals surface area contributed by atoms with Crippen LogP contribution in [0.1, 0.15) is 27.4 Å². The van der Waals surface area contributed by atoms with E-state index in [4.69, 9.17) is 9.15 Å². The number of thiazole rings is 1. The van der Waals surface area contributed by atoms with E-state index in [0.29, 0.717) is 5.58 Å². The van der Waals surface area contributed by atoms with E-state index in [1.165, 1.54) is 16.9 Å². The summed E-state index contributed by atoms with van der Waals surface area (Å²) in [4.78, 5) is 16.9. The normalized spacial score (nSPS) is 11.0. The van der Waals surface area contributed by atoms with Crippen LogP contribution in [0, 0.1) is 13.8 Å². The van der Waals surface area contributed by atoms with Crippen LogP contribution in [0.4, 0.5) is 0 Å². The number of carbonyl (C=O) groups is 1. The summed E-state index contributed by atoms with van der Waals surface area (Å²) >= 11 is 1.54. The van der Waals surface area contributed by atoms with Crippen LogP contribution in [-0.4, -0.2) is 11.0 Å². The molecule has 0 amide bonds. The first-order valence-corrected chi connectivity index (χ1v) is 9.16. The second kappa shape index (κ2) is 6.77. The Labute approximate surface area is 155 Å². The highest BCUT2D eigenvalue weighted by Gasteiger charge is 2.19. The third-order valence-electron chi connectivity index (χ3n) is 4.23. The first-order valence-electron chi connectivity index (χ1n) is 8.28. The van der Waals surface area contributed by atoms with Gasteiger partial charge in [0.05, 0.1) is 5.69 Å². The second-order valence-electron chi connectivity index (χ2n) is 6.14. The highest BCUT2D eigenvalue weighted by molar-refractivity contribution is 7.13. The van der Waals surface area contributed by atoms with Crippen LogP contribution >= 0.6 is 11.3 Å². The maximum absolute atomic E-state index is 12.4. The minimum atomic E-state index is -0.469. The highest BCUT2D eigenvalue weighted by atomic mass is 32.1. The van der Waals surface area contributed by atoms with Gasteiger partial charge < -0.3 is 9.15 Å². The highest BCUT2D eigenvalue weighted by Crippen LogP contribution is 2.27. The van der Waals surface area contributed by atoms with E-state index in [1.54, 1.807) is 0 Å². The number of aryl methyl sites for hydroxylation is 2. The molecule has 0 radical (unpaired) electrons.